The summed E-state index contributed by atoms with van der Waals surface area (Å²) in [6, 6.07) is 2.73. The molecular formula is C24H32FN5O3. The molecule has 1 amide bonds. The van der Waals surface area contributed by atoms with Crippen molar-refractivity contribution in [2.75, 3.05) is 11.9 Å². The summed E-state index contributed by atoms with van der Waals surface area (Å²) in [5.74, 6) is -2.08. The van der Waals surface area contributed by atoms with Crippen LogP contribution in [0.3, 0.4) is 0 Å². The van der Waals surface area contributed by atoms with Crippen molar-refractivity contribution in [2.24, 2.45) is 16.9 Å². The van der Waals surface area contributed by atoms with Crippen molar-refractivity contribution >= 4 is 17.6 Å². The van der Waals surface area contributed by atoms with Gasteiger partial charge in [0.05, 0.1) is 35.2 Å². The first-order valence-corrected chi connectivity index (χ1v) is 11.5. The maximum Gasteiger partial charge on any atom is 0.320 e. The van der Waals surface area contributed by atoms with Crippen molar-refractivity contribution in [2.45, 2.75) is 71.4 Å². The number of primary amides is 1. The van der Waals surface area contributed by atoms with E-state index in [0.29, 0.717) is 18.5 Å². The number of amides is 1. The summed E-state index contributed by atoms with van der Waals surface area (Å²) in [6.45, 7) is 6.19. The molecule has 5 N–H and O–H groups in total. The lowest BCUT2D eigenvalue weighted by molar-refractivity contribution is -0.147. The highest BCUT2D eigenvalue weighted by Crippen LogP contribution is 2.38. The molecule has 0 aliphatic heterocycles. The van der Waals surface area contributed by atoms with Gasteiger partial charge in [-0.05, 0) is 62.5 Å². The summed E-state index contributed by atoms with van der Waals surface area (Å²) in [7, 11) is 0. The summed E-state index contributed by atoms with van der Waals surface area (Å²) in [5.41, 5.74) is 14.8. The second-order valence-corrected chi connectivity index (χ2v) is 9.89. The van der Waals surface area contributed by atoms with Crippen LogP contribution >= 0.6 is 0 Å². The number of carbonyl (C=O) groups excluding carboxylic acids is 2. The zero-order chi connectivity index (χ0) is 23.9. The Labute approximate surface area is 192 Å². The van der Waals surface area contributed by atoms with Crippen molar-refractivity contribution in [1.29, 1.82) is 0 Å². The molecule has 1 fully saturated rings. The molecule has 2 aliphatic carbocycles. The van der Waals surface area contributed by atoms with Gasteiger partial charge < -0.3 is 21.5 Å². The molecule has 2 unspecified atom stereocenters. The van der Waals surface area contributed by atoms with Gasteiger partial charge in [0, 0.05) is 11.8 Å². The number of esters is 1. The second-order valence-electron chi connectivity index (χ2n) is 9.89. The van der Waals surface area contributed by atoms with E-state index in [4.69, 9.17) is 21.3 Å². The van der Waals surface area contributed by atoms with Gasteiger partial charge in [0.25, 0.3) is 5.91 Å². The van der Waals surface area contributed by atoms with E-state index in [0.717, 1.165) is 37.1 Å². The molecule has 1 saturated carbocycles. The van der Waals surface area contributed by atoms with Crippen molar-refractivity contribution in [3.63, 3.8) is 0 Å². The Bertz CT molecular complexity index is 1090. The molecule has 0 spiro atoms. The third-order valence-electron chi connectivity index (χ3n) is 6.80. The van der Waals surface area contributed by atoms with Gasteiger partial charge in [-0.3, -0.25) is 9.59 Å². The largest absolute Gasteiger partial charge is 0.459 e. The number of ether oxygens (including phenoxy) is 1. The summed E-state index contributed by atoms with van der Waals surface area (Å²) in [4.78, 5) is 23.8. The van der Waals surface area contributed by atoms with E-state index < -0.39 is 23.8 Å². The number of hydrogen-bond acceptors (Lipinski definition) is 6. The summed E-state index contributed by atoms with van der Waals surface area (Å²) in [5, 5.41) is 7.93. The van der Waals surface area contributed by atoms with E-state index >= 15 is 4.39 Å². The zero-order valence-corrected chi connectivity index (χ0v) is 19.4. The van der Waals surface area contributed by atoms with Gasteiger partial charge in [-0.25, -0.2) is 9.07 Å². The van der Waals surface area contributed by atoms with Crippen LogP contribution in [0.5, 0.6) is 0 Å². The molecule has 2 aliphatic rings. The molecule has 1 aromatic carbocycles. The van der Waals surface area contributed by atoms with E-state index in [-0.39, 0.29) is 29.3 Å². The highest BCUT2D eigenvalue weighted by atomic mass is 19.1. The fourth-order valence-electron chi connectivity index (χ4n) is 5.06. The number of rotatable bonds is 6. The van der Waals surface area contributed by atoms with Crippen LogP contribution in [0.1, 0.15) is 66.8 Å². The normalized spacial score (nSPS) is 21.5. The average Bonchev–Trinajstić information content (AvgIpc) is 3.29. The molecule has 0 radical (unpaired) electrons. The number of aryl methyl sites for hydroxylation is 1. The van der Waals surface area contributed by atoms with Gasteiger partial charge in [0.2, 0.25) is 0 Å². The molecule has 2 aromatic rings. The van der Waals surface area contributed by atoms with Crippen molar-refractivity contribution in [1.82, 2.24) is 9.78 Å². The quantitative estimate of drug-likeness (QED) is 0.573. The highest BCUT2D eigenvalue weighted by molar-refractivity contribution is 5.99. The monoisotopic (exact) mass is 457 g/mol. The Morgan fingerprint density at radius 1 is 1.33 bits per heavy atom. The van der Waals surface area contributed by atoms with E-state index in [1.807, 2.05) is 6.92 Å². The number of fused-ring (bicyclic) bond motifs is 1. The molecule has 4 rings (SSSR count). The predicted octanol–water partition coefficient (Wildman–Crippen LogP) is 2.77. The molecule has 9 heteroatoms. The molecule has 2 atom stereocenters. The minimum atomic E-state index is -0.866. The number of nitrogens with zero attached hydrogens (tertiary/aromatic N) is 2. The van der Waals surface area contributed by atoms with Gasteiger partial charge in [-0.15, -0.1) is 0 Å². The fraction of sp³-hybridized carbons (Fsp3) is 0.542. The third kappa shape index (κ3) is 4.59. The number of benzene rings is 1. The third-order valence-corrected chi connectivity index (χ3v) is 6.80. The van der Waals surface area contributed by atoms with Crippen LogP contribution in [0.25, 0.3) is 5.69 Å². The lowest BCUT2D eigenvalue weighted by Crippen LogP contribution is -2.35. The Kier molecular flexibility index (Phi) is 6.18. The number of anilines is 1. The second kappa shape index (κ2) is 8.78. The standard InChI is InChI=1S/C24H32FN5O3/c1-13-15-7-8-24(2,3)11-19(15)30(29-13)14-9-16(25)22(23(27)32)18(10-14)28-17-5-4-6-20(17)33-21(31)12-26/h9-10,17,20,28H,4-8,11-12,26H2,1-3H3,(H2,27,32). The Morgan fingerprint density at radius 2 is 2.09 bits per heavy atom. The van der Waals surface area contributed by atoms with Crippen molar-refractivity contribution < 1.29 is 18.7 Å². The lowest BCUT2D eigenvalue weighted by atomic mass is 9.76. The molecule has 8 nitrogen and oxygen atoms in total. The summed E-state index contributed by atoms with van der Waals surface area (Å²) >= 11 is 0. The molecule has 178 valence electrons. The smallest absolute Gasteiger partial charge is 0.320 e. The van der Waals surface area contributed by atoms with Crippen LogP contribution in [0, 0.1) is 18.2 Å². The maximum absolute atomic E-state index is 15.2. The van der Waals surface area contributed by atoms with E-state index in [9.17, 15) is 9.59 Å². The number of nitrogens with two attached hydrogens (primary N) is 2. The molecule has 1 heterocycles. The van der Waals surface area contributed by atoms with E-state index in [1.54, 1.807) is 10.7 Å². The van der Waals surface area contributed by atoms with Gasteiger partial charge in [0.15, 0.2) is 0 Å². The fourth-order valence-corrected chi connectivity index (χ4v) is 5.06. The SMILES string of the molecule is Cc1nn(-c2cc(F)c(C(N)=O)c(NC3CCCC3OC(=O)CN)c2)c2c1CCC(C)(C)C2. The lowest BCUT2D eigenvalue weighted by Gasteiger charge is -2.30. The minimum Gasteiger partial charge on any atom is -0.459 e. The number of halogens is 1. The average molecular weight is 458 g/mol. The number of carbonyl (C=O) groups is 2. The molecule has 1 aromatic heterocycles. The van der Waals surface area contributed by atoms with Gasteiger partial charge in [-0.2, -0.15) is 5.10 Å². The number of aromatic nitrogens is 2. The number of hydrogen-bond donors (Lipinski definition) is 3. The Hall–Kier alpha value is -2.94. The highest BCUT2D eigenvalue weighted by Gasteiger charge is 2.33. The van der Waals surface area contributed by atoms with E-state index in [2.05, 4.69) is 19.2 Å². The molecule has 33 heavy (non-hydrogen) atoms. The van der Waals surface area contributed by atoms with Gasteiger partial charge in [0.1, 0.15) is 11.9 Å². The minimum absolute atomic E-state index is 0.119. The van der Waals surface area contributed by atoms with Crippen LogP contribution in [0.15, 0.2) is 12.1 Å². The molecular weight excluding hydrogens is 425 g/mol. The maximum atomic E-state index is 15.2. The Morgan fingerprint density at radius 3 is 2.79 bits per heavy atom. The van der Waals surface area contributed by atoms with Crippen LogP contribution in [-0.2, 0) is 22.4 Å². The van der Waals surface area contributed by atoms with Crippen LogP contribution in [-0.4, -0.2) is 40.3 Å². The predicted molar refractivity (Wildman–Crippen MR) is 123 cm³/mol. The van der Waals surface area contributed by atoms with Crippen LogP contribution in [0.2, 0.25) is 0 Å². The van der Waals surface area contributed by atoms with Gasteiger partial charge in [-0.1, -0.05) is 13.8 Å². The Balaban J connectivity index is 1.73. The van der Waals surface area contributed by atoms with Crippen molar-refractivity contribution in [3.05, 3.63) is 40.5 Å². The van der Waals surface area contributed by atoms with E-state index in [1.165, 1.54) is 11.6 Å². The molecule has 0 saturated heterocycles. The van der Waals surface area contributed by atoms with Gasteiger partial charge >= 0.3 is 5.97 Å². The topological polar surface area (TPSA) is 125 Å². The summed E-state index contributed by atoms with van der Waals surface area (Å²) in [6.07, 6.45) is 4.61. The summed E-state index contributed by atoms with van der Waals surface area (Å²) < 4.78 is 22.4. The van der Waals surface area contributed by atoms with Crippen LogP contribution < -0.4 is 16.8 Å². The molecule has 0 bridgehead atoms. The van der Waals surface area contributed by atoms with Crippen LogP contribution in [0.4, 0.5) is 10.1 Å². The number of nitrogens with one attached hydrogen (secondary N) is 1. The zero-order valence-electron chi connectivity index (χ0n) is 19.4. The first kappa shape index (κ1) is 23.2. The van der Waals surface area contributed by atoms with Crippen molar-refractivity contribution in [3.8, 4) is 5.69 Å². The first-order valence-electron chi connectivity index (χ1n) is 11.5. The first-order chi connectivity index (χ1) is 15.6.